The van der Waals surface area contributed by atoms with Gasteiger partial charge in [0.15, 0.2) is 5.69 Å². The van der Waals surface area contributed by atoms with Crippen LogP contribution in [-0.2, 0) is 0 Å². The summed E-state index contributed by atoms with van der Waals surface area (Å²) in [6.45, 7) is 9.55. The summed E-state index contributed by atoms with van der Waals surface area (Å²) in [7, 11) is 0. The van der Waals surface area contributed by atoms with Gasteiger partial charge < -0.3 is 9.42 Å². The zero-order chi connectivity index (χ0) is 12.4. The number of hydrogen-bond acceptors (Lipinski definition) is 4. The van der Waals surface area contributed by atoms with E-state index in [1.807, 2.05) is 4.90 Å². The first-order valence-corrected chi connectivity index (χ1v) is 6.04. The lowest BCUT2D eigenvalue weighted by atomic mass is 10.2. The zero-order valence-electron chi connectivity index (χ0n) is 10.6. The Morgan fingerprint density at radius 3 is 2.47 bits per heavy atom. The third-order valence-corrected chi connectivity index (χ3v) is 3.18. The third kappa shape index (κ3) is 2.66. The molecule has 5 nitrogen and oxygen atoms in total. The Labute approximate surface area is 101 Å². The first kappa shape index (κ1) is 12.1. The molecule has 0 aromatic carbocycles. The second-order valence-corrected chi connectivity index (χ2v) is 4.74. The molecular formula is C12H19N3O2. The van der Waals surface area contributed by atoms with E-state index in [1.165, 1.54) is 0 Å². The molecule has 1 fully saturated rings. The van der Waals surface area contributed by atoms with Gasteiger partial charge in [0, 0.05) is 38.3 Å². The van der Waals surface area contributed by atoms with Crippen LogP contribution in [0.1, 0.15) is 30.1 Å². The maximum atomic E-state index is 12.1. The molecule has 5 heteroatoms. The first-order chi connectivity index (χ1) is 8.08. The minimum Gasteiger partial charge on any atom is -0.361 e. The Hall–Kier alpha value is -1.36. The largest absolute Gasteiger partial charge is 0.361 e. The van der Waals surface area contributed by atoms with E-state index in [4.69, 9.17) is 4.52 Å². The minimum atomic E-state index is -0.0229. The predicted molar refractivity (Wildman–Crippen MR) is 63.9 cm³/mol. The normalized spacial score (nSPS) is 17.8. The molecule has 0 radical (unpaired) electrons. The van der Waals surface area contributed by atoms with Crippen molar-refractivity contribution >= 4 is 5.91 Å². The fourth-order valence-corrected chi connectivity index (χ4v) is 2.07. The topological polar surface area (TPSA) is 49.6 Å². The highest BCUT2D eigenvalue weighted by Crippen LogP contribution is 2.10. The molecule has 0 unspecified atom stereocenters. The Morgan fingerprint density at radius 1 is 1.35 bits per heavy atom. The highest BCUT2D eigenvalue weighted by atomic mass is 16.5. The van der Waals surface area contributed by atoms with Crippen LogP contribution in [0, 0.1) is 6.92 Å². The van der Waals surface area contributed by atoms with E-state index in [2.05, 4.69) is 23.9 Å². The molecule has 0 bridgehead atoms. The van der Waals surface area contributed by atoms with E-state index in [9.17, 15) is 4.79 Å². The highest BCUT2D eigenvalue weighted by molar-refractivity contribution is 5.92. The standard InChI is InChI=1S/C12H19N3O2/c1-9(2)14-4-6-15(7-5-14)12(16)11-8-10(3)17-13-11/h8-9H,4-7H2,1-3H3. The molecule has 1 aromatic heterocycles. The molecule has 0 atom stereocenters. The van der Waals surface area contributed by atoms with Crippen LogP contribution >= 0.6 is 0 Å². The Bertz CT molecular complexity index is 392. The SMILES string of the molecule is Cc1cc(C(=O)N2CCN(C(C)C)CC2)no1. The summed E-state index contributed by atoms with van der Waals surface area (Å²) >= 11 is 0. The Kier molecular flexibility index (Phi) is 3.47. The van der Waals surface area contributed by atoms with Gasteiger partial charge in [-0.15, -0.1) is 0 Å². The summed E-state index contributed by atoms with van der Waals surface area (Å²) in [5.74, 6) is 0.652. The van der Waals surface area contributed by atoms with Gasteiger partial charge in [-0.3, -0.25) is 9.69 Å². The van der Waals surface area contributed by atoms with Crippen molar-refractivity contribution in [2.24, 2.45) is 0 Å². The molecule has 17 heavy (non-hydrogen) atoms. The Morgan fingerprint density at radius 2 is 2.00 bits per heavy atom. The molecule has 2 heterocycles. The summed E-state index contributed by atoms with van der Waals surface area (Å²) in [6, 6.07) is 2.23. The summed E-state index contributed by atoms with van der Waals surface area (Å²) in [6.07, 6.45) is 0. The molecule has 1 amide bonds. The van der Waals surface area contributed by atoms with Crippen molar-refractivity contribution in [1.82, 2.24) is 15.0 Å². The van der Waals surface area contributed by atoms with Gasteiger partial charge >= 0.3 is 0 Å². The molecule has 94 valence electrons. The monoisotopic (exact) mass is 237 g/mol. The maximum Gasteiger partial charge on any atom is 0.276 e. The maximum absolute atomic E-state index is 12.1. The van der Waals surface area contributed by atoms with Crippen molar-refractivity contribution in [3.05, 3.63) is 17.5 Å². The molecule has 1 aliphatic rings. The summed E-state index contributed by atoms with van der Waals surface area (Å²) in [4.78, 5) is 16.3. The number of aryl methyl sites for hydroxylation is 1. The molecule has 1 aromatic rings. The Balaban J connectivity index is 1.95. The van der Waals surface area contributed by atoms with Gasteiger partial charge in [-0.25, -0.2) is 0 Å². The number of amides is 1. The summed E-state index contributed by atoms with van der Waals surface area (Å²) < 4.78 is 4.93. The van der Waals surface area contributed by atoms with Crippen LogP contribution in [-0.4, -0.2) is 53.1 Å². The molecule has 2 rings (SSSR count). The summed E-state index contributed by atoms with van der Waals surface area (Å²) in [5.41, 5.74) is 0.417. The van der Waals surface area contributed by atoms with E-state index >= 15 is 0 Å². The number of rotatable bonds is 2. The molecule has 0 N–H and O–H groups in total. The number of nitrogens with zero attached hydrogens (tertiary/aromatic N) is 3. The smallest absolute Gasteiger partial charge is 0.276 e. The fraction of sp³-hybridized carbons (Fsp3) is 0.667. The molecule has 1 saturated heterocycles. The number of aromatic nitrogens is 1. The molecular weight excluding hydrogens is 218 g/mol. The average molecular weight is 237 g/mol. The van der Waals surface area contributed by atoms with Crippen LogP contribution < -0.4 is 0 Å². The van der Waals surface area contributed by atoms with Gasteiger partial charge in [0.25, 0.3) is 5.91 Å². The number of carbonyl (C=O) groups excluding carboxylic acids is 1. The van der Waals surface area contributed by atoms with E-state index in [1.54, 1.807) is 13.0 Å². The third-order valence-electron chi connectivity index (χ3n) is 3.18. The number of hydrogen-bond donors (Lipinski definition) is 0. The second-order valence-electron chi connectivity index (χ2n) is 4.74. The molecule has 0 aliphatic carbocycles. The van der Waals surface area contributed by atoms with Crippen LogP contribution in [0.15, 0.2) is 10.6 Å². The van der Waals surface area contributed by atoms with Crippen LogP contribution in [0.2, 0.25) is 0 Å². The zero-order valence-corrected chi connectivity index (χ0v) is 10.6. The quantitative estimate of drug-likeness (QED) is 0.774. The van der Waals surface area contributed by atoms with E-state index in [0.717, 1.165) is 26.2 Å². The van der Waals surface area contributed by atoms with Crippen LogP contribution in [0.3, 0.4) is 0 Å². The van der Waals surface area contributed by atoms with Crippen molar-refractivity contribution in [2.45, 2.75) is 26.8 Å². The van der Waals surface area contributed by atoms with Gasteiger partial charge in [-0.05, 0) is 20.8 Å². The van der Waals surface area contributed by atoms with Crippen LogP contribution in [0.25, 0.3) is 0 Å². The summed E-state index contributed by atoms with van der Waals surface area (Å²) in [5, 5.41) is 3.77. The second kappa shape index (κ2) is 4.87. The average Bonchev–Trinajstić information content (AvgIpc) is 2.75. The molecule has 0 saturated carbocycles. The predicted octanol–water partition coefficient (Wildman–Crippen LogP) is 1.15. The lowest BCUT2D eigenvalue weighted by Gasteiger charge is -2.36. The van der Waals surface area contributed by atoms with Crippen LogP contribution in [0.5, 0.6) is 0 Å². The van der Waals surface area contributed by atoms with E-state index in [-0.39, 0.29) is 5.91 Å². The first-order valence-electron chi connectivity index (χ1n) is 6.04. The van der Waals surface area contributed by atoms with Crippen molar-refractivity contribution in [3.63, 3.8) is 0 Å². The van der Waals surface area contributed by atoms with Crippen molar-refractivity contribution in [3.8, 4) is 0 Å². The van der Waals surface area contributed by atoms with Crippen molar-refractivity contribution in [2.75, 3.05) is 26.2 Å². The van der Waals surface area contributed by atoms with Crippen molar-refractivity contribution < 1.29 is 9.32 Å². The van der Waals surface area contributed by atoms with E-state index < -0.39 is 0 Å². The fourth-order valence-electron chi connectivity index (χ4n) is 2.07. The van der Waals surface area contributed by atoms with Gasteiger partial charge in [-0.1, -0.05) is 5.16 Å². The number of carbonyl (C=O) groups is 1. The molecule has 1 aliphatic heterocycles. The lowest BCUT2D eigenvalue weighted by Crippen LogP contribution is -2.50. The van der Waals surface area contributed by atoms with E-state index in [0.29, 0.717) is 17.5 Å². The minimum absolute atomic E-state index is 0.0229. The number of piperazine rings is 1. The van der Waals surface area contributed by atoms with Crippen LogP contribution in [0.4, 0.5) is 0 Å². The van der Waals surface area contributed by atoms with Gasteiger partial charge in [0.05, 0.1) is 0 Å². The van der Waals surface area contributed by atoms with Crippen molar-refractivity contribution in [1.29, 1.82) is 0 Å². The van der Waals surface area contributed by atoms with Gasteiger partial charge in [0.1, 0.15) is 5.76 Å². The lowest BCUT2D eigenvalue weighted by molar-refractivity contribution is 0.0586. The highest BCUT2D eigenvalue weighted by Gasteiger charge is 2.24. The van der Waals surface area contributed by atoms with Gasteiger partial charge in [-0.2, -0.15) is 0 Å². The van der Waals surface area contributed by atoms with Gasteiger partial charge in [0.2, 0.25) is 0 Å². The molecule has 0 spiro atoms.